The van der Waals surface area contributed by atoms with Crippen LogP contribution in [0.2, 0.25) is 0 Å². The van der Waals surface area contributed by atoms with Gasteiger partial charge in [-0.1, -0.05) is 0 Å². The summed E-state index contributed by atoms with van der Waals surface area (Å²) >= 11 is 1.41. The Morgan fingerprint density at radius 3 is 2.73 bits per heavy atom. The molecular formula is C14H20N6OS. The van der Waals surface area contributed by atoms with Gasteiger partial charge in [0.1, 0.15) is 4.88 Å². The highest BCUT2D eigenvalue weighted by Gasteiger charge is 2.12. The largest absolute Gasteiger partial charge is 0.376 e. The lowest BCUT2D eigenvalue weighted by Gasteiger charge is -2.12. The number of rotatable bonds is 6. The number of carbonyl (C=O) groups excluding carboxylic acids is 1. The molecule has 0 aromatic carbocycles. The van der Waals surface area contributed by atoms with Crippen molar-refractivity contribution in [2.24, 2.45) is 0 Å². The van der Waals surface area contributed by atoms with E-state index in [1.165, 1.54) is 11.3 Å². The van der Waals surface area contributed by atoms with Crippen molar-refractivity contribution in [3.8, 4) is 0 Å². The molecule has 0 unspecified atom stereocenters. The van der Waals surface area contributed by atoms with Crippen molar-refractivity contribution in [3.05, 3.63) is 27.8 Å². The van der Waals surface area contributed by atoms with E-state index in [-0.39, 0.29) is 5.91 Å². The molecule has 0 aliphatic rings. The Bertz CT molecular complexity index is 655. The maximum Gasteiger partial charge on any atom is 0.263 e. The topological polar surface area (TPSA) is 83.0 Å². The Morgan fingerprint density at radius 1 is 1.32 bits per heavy atom. The van der Waals surface area contributed by atoms with Gasteiger partial charge in [-0.05, 0) is 13.8 Å². The Morgan fingerprint density at radius 2 is 2.09 bits per heavy atom. The Labute approximate surface area is 133 Å². The smallest absolute Gasteiger partial charge is 0.263 e. The molecule has 2 rings (SSSR count). The first-order valence-electron chi connectivity index (χ1n) is 6.93. The molecule has 1 amide bonds. The van der Waals surface area contributed by atoms with E-state index in [0.29, 0.717) is 23.8 Å². The summed E-state index contributed by atoms with van der Waals surface area (Å²) in [6.45, 7) is 4.82. The second kappa shape index (κ2) is 7.17. The zero-order valence-corrected chi connectivity index (χ0v) is 14.0. The first-order valence-corrected chi connectivity index (χ1v) is 7.75. The maximum atomic E-state index is 12.0. The lowest BCUT2D eigenvalue weighted by atomic mass is 10.3. The van der Waals surface area contributed by atoms with Gasteiger partial charge in [0.05, 0.1) is 22.6 Å². The van der Waals surface area contributed by atoms with Crippen molar-refractivity contribution in [3.63, 3.8) is 0 Å². The molecule has 8 heteroatoms. The highest BCUT2D eigenvalue weighted by atomic mass is 32.1. The normalized spacial score (nSPS) is 10.4. The van der Waals surface area contributed by atoms with Gasteiger partial charge in [-0.25, -0.2) is 4.98 Å². The monoisotopic (exact) mass is 320 g/mol. The van der Waals surface area contributed by atoms with E-state index >= 15 is 0 Å². The number of hydrogen-bond donors (Lipinski definition) is 2. The highest BCUT2D eigenvalue weighted by Crippen LogP contribution is 2.16. The summed E-state index contributed by atoms with van der Waals surface area (Å²) in [4.78, 5) is 18.9. The Kier molecular flexibility index (Phi) is 5.26. The molecule has 0 bridgehead atoms. The van der Waals surface area contributed by atoms with Crippen molar-refractivity contribution in [1.29, 1.82) is 0 Å². The van der Waals surface area contributed by atoms with Crippen molar-refractivity contribution in [1.82, 2.24) is 20.5 Å². The minimum Gasteiger partial charge on any atom is -0.376 e. The lowest BCUT2D eigenvalue weighted by molar-refractivity contribution is 0.0958. The summed E-state index contributed by atoms with van der Waals surface area (Å²) in [7, 11) is 3.89. The fourth-order valence-electron chi connectivity index (χ4n) is 1.88. The summed E-state index contributed by atoms with van der Waals surface area (Å²) in [5, 5.41) is 14.8. The Hall–Kier alpha value is -2.22. The minimum atomic E-state index is -0.0852. The number of amides is 1. The summed E-state index contributed by atoms with van der Waals surface area (Å²) in [6.07, 6.45) is 1.70. The Balaban J connectivity index is 1.81. The van der Waals surface area contributed by atoms with Gasteiger partial charge >= 0.3 is 0 Å². The van der Waals surface area contributed by atoms with Gasteiger partial charge in [-0.3, -0.25) is 4.79 Å². The highest BCUT2D eigenvalue weighted by molar-refractivity contribution is 7.13. The number of hydrogen-bond acceptors (Lipinski definition) is 7. The van der Waals surface area contributed by atoms with E-state index in [4.69, 9.17) is 0 Å². The SMILES string of the molecule is Cc1nc(C)c(C(=O)NCCNc2cc(N(C)C)cnn2)s1. The average molecular weight is 320 g/mol. The van der Waals surface area contributed by atoms with Crippen molar-refractivity contribution < 1.29 is 4.79 Å². The van der Waals surface area contributed by atoms with Crippen LogP contribution in [0, 0.1) is 13.8 Å². The summed E-state index contributed by atoms with van der Waals surface area (Å²) < 4.78 is 0. The van der Waals surface area contributed by atoms with Crippen LogP contribution in [0.15, 0.2) is 12.3 Å². The van der Waals surface area contributed by atoms with E-state index in [0.717, 1.165) is 16.4 Å². The van der Waals surface area contributed by atoms with Crippen LogP contribution in [0.1, 0.15) is 20.4 Å². The van der Waals surface area contributed by atoms with Crippen molar-refractivity contribution in [2.75, 3.05) is 37.4 Å². The van der Waals surface area contributed by atoms with Crippen LogP contribution < -0.4 is 15.5 Å². The van der Waals surface area contributed by atoms with E-state index in [1.54, 1.807) is 6.20 Å². The van der Waals surface area contributed by atoms with Crippen molar-refractivity contribution in [2.45, 2.75) is 13.8 Å². The zero-order chi connectivity index (χ0) is 16.1. The van der Waals surface area contributed by atoms with Crippen LogP contribution in [0.3, 0.4) is 0 Å². The van der Waals surface area contributed by atoms with Gasteiger partial charge in [0.15, 0.2) is 5.82 Å². The first-order chi connectivity index (χ1) is 10.5. The van der Waals surface area contributed by atoms with E-state index in [2.05, 4.69) is 25.8 Å². The van der Waals surface area contributed by atoms with Crippen LogP contribution in [0.4, 0.5) is 11.5 Å². The maximum absolute atomic E-state index is 12.0. The van der Waals surface area contributed by atoms with E-state index in [1.807, 2.05) is 38.9 Å². The van der Waals surface area contributed by atoms with Gasteiger partial charge in [0, 0.05) is 33.3 Å². The van der Waals surface area contributed by atoms with Crippen LogP contribution in [0.25, 0.3) is 0 Å². The molecule has 0 saturated carbocycles. The first kappa shape index (κ1) is 16.2. The molecule has 0 aliphatic carbocycles. The van der Waals surface area contributed by atoms with Gasteiger partial charge in [0.25, 0.3) is 5.91 Å². The standard InChI is InChI=1S/C14H20N6OS/c1-9-13(22-10(2)18-9)14(21)16-6-5-15-12-7-11(20(3)4)8-17-19-12/h7-8H,5-6H2,1-4H3,(H,15,19)(H,16,21). The molecule has 0 aliphatic heterocycles. The van der Waals surface area contributed by atoms with Gasteiger partial charge in [-0.2, -0.15) is 5.10 Å². The number of aryl methyl sites for hydroxylation is 2. The fourth-order valence-corrected chi connectivity index (χ4v) is 2.71. The number of nitrogens with one attached hydrogen (secondary N) is 2. The number of aromatic nitrogens is 3. The number of thiazole rings is 1. The summed E-state index contributed by atoms with van der Waals surface area (Å²) in [6, 6.07) is 1.91. The van der Waals surface area contributed by atoms with Gasteiger partial charge in [-0.15, -0.1) is 16.4 Å². The molecule has 118 valence electrons. The molecule has 2 heterocycles. The van der Waals surface area contributed by atoms with Gasteiger partial charge < -0.3 is 15.5 Å². The molecule has 22 heavy (non-hydrogen) atoms. The molecule has 2 aromatic rings. The molecule has 2 N–H and O–H groups in total. The fraction of sp³-hybridized carbons (Fsp3) is 0.429. The minimum absolute atomic E-state index is 0.0852. The molecule has 7 nitrogen and oxygen atoms in total. The number of nitrogens with zero attached hydrogens (tertiary/aromatic N) is 4. The lowest BCUT2D eigenvalue weighted by Crippen LogP contribution is -2.28. The molecule has 0 atom stereocenters. The molecule has 0 fully saturated rings. The molecule has 0 radical (unpaired) electrons. The summed E-state index contributed by atoms with van der Waals surface area (Å²) in [5.41, 5.74) is 1.75. The molecule has 0 spiro atoms. The average Bonchev–Trinajstić information content (AvgIpc) is 2.82. The quantitative estimate of drug-likeness (QED) is 0.784. The van der Waals surface area contributed by atoms with Crippen LogP contribution >= 0.6 is 11.3 Å². The molecular weight excluding hydrogens is 300 g/mol. The summed E-state index contributed by atoms with van der Waals surface area (Å²) in [5.74, 6) is 0.600. The van der Waals surface area contributed by atoms with Crippen LogP contribution in [-0.2, 0) is 0 Å². The third-order valence-electron chi connectivity index (χ3n) is 2.98. The number of carbonyl (C=O) groups is 1. The third kappa shape index (κ3) is 4.14. The van der Waals surface area contributed by atoms with E-state index < -0.39 is 0 Å². The third-order valence-corrected chi connectivity index (χ3v) is 4.05. The predicted octanol–water partition coefficient (Wildman–Crippen LogP) is 1.46. The molecule has 0 saturated heterocycles. The number of anilines is 2. The van der Waals surface area contributed by atoms with Crippen LogP contribution in [-0.4, -0.2) is 48.3 Å². The second-order valence-electron chi connectivity index (χ2n) is 5.02. The van der Waals surface area contributed by atoms with Gasteiger partial charge in [0.2, 0.25) is 0 Å². The molecule has 2 aromatic heterocycles. The van der Waals surface area contributed by atoms with Crippen LogP contribution in [0.5, 0.6) is 0 Å². The van der Waals surface area contributed by atoms with Crippen molar-refractivity contribution >= 4 is 28.7 Å². The second-order valence-corrected chi connectivity index (χ2v) is 6.23. The van der Waals surface area contributed by atoms with E-state index in [9.17, 15) is 4.79 Å². The zero-order valence-electron chi connectivity index (χ0n) is 13.2. The predicted molar refractivity (Wildman–Crippen MR) is 88.8 cm³/mol.